The Morgan fingerprint density at radius 3 is 2.77 bits per heavy atom. The van der Waals surface area contributed by atoms with E-state index in [1.54, 1.807) is 29.2 Å². The van der Waals surface area contributed by atoms with E-state index in [0.717, 1.165) is 12.8 Å². The first-order chi connectivity index (χ1) is 10.6. The van der Waals surface area contributed by atoms with Gasteiger partial charge in [-0.3, -0.25) is 9.59 Å². The molecular formula is C16H18N2O4. The van der Waals surface area contributed by atoms with Crippen LogP contribution in [0.25, 0.3) is 0 Å². The van der Waals surface area contributed by atoms with Crippen LogP contribution in [-0.2, 0) is 14.3 Å². The van der Waals surface area contributed by atoms with E-state index >= 15 is 0 Å². The van der Waals surface area contributed by atoms with Crippen LogP contribution in [-0.4, -0.2) is 37.5 Å². The molecule has 1 aromatic rings. The first-order valence-corrected chi connectivity index (χ1v) is 7.37. The lowest BCUT2D eigenvalue weighted by Crippen LogP contribution is -2.34. The summed E-state index contributed by atoms with van der Waals surface area (Å²) in [6.45, 7) is 0.349. The lowest BCUT2D eigenvalue weighted by molar-refractivity contribution is -0.126. The quantitative estimate of drug-likeness (QED) is 0.845. The summed E-state index contributed by atoms with van der Waals surface area (Å²) in [5.41, 5.74) is 1.01. The molecule has 1 heterocycles. The SMILES string of the molecule is COC(=O)c1cccc(N2CC(C(=O)NC3CC3)CC2=O)c1. The molecule has 0 radical (unpaired) electrons. The average Bonchev–Trinajstić information content (AvgIpc) is 3.25. The highest BCUT2D eigenvalue weighted by Gasteiger charge is 2.37. The van der Waals surface area contributed by atoms with Gasteiger partial charge in [0.15, 0.2) is 0 Å². The van der Waals surface area contributed by atoms with E-state index in [0.29, 0.717) is 23.8 Å². The lowest BCUT2D eigenvalue weighted by atomic mass is 10.1. The fraction of sp³-hybridized carbons (Fsp3) is 0.438. The Morgan fingerprint density at radius 2 is 2.09 bits per heavy atom. The molecule has 6 nitrogen and oxygen atoms in total. The number of anilines is 1. The normalized spacial score (nSPS) is 20.9. The van der Waals surface area contributed by atoms with Gasteiger partial charge < -0.3 is 15.0 Å². The smallest absolute Gasteiger partial charge is 0.337 e. The van der Waals surface area contributed by atoms with Crippen LogP contribution >= 0.6 is 0 Å². The number of nitrogens with one attached hydrogen (secondary N) is 1. The number of nitrogens with zero attached hydrogens (tertiary/aromatic N) is 1. The molecule has 1 unspecified atom stereocenters. The van der Waals surface area contributed by atoms with Gasteiger partial charge >= 0.3 is 5.97 Å². The van der Waals surface area contributed by atoms with Gasteiger partial charge in [-0.05, 0) is 31.0 Å². The van der Waals surface area contributed by atoms with E-state index in [1.807, 2.05) is 0 Å². The fourth-order valence-corrected chi connectivity index (χ4v) is 2.60. The zero-order chi connectivity index (χ0) is 15.7. The number of benzene rings is 1. The van der Waals surface area contributed by atoms with Gasteiger partial charge in [0.05, 0.1) is 18.6 Å². The van der Waals surface area contributed by atoms with Gasteiger partial charge in [0.25, 0.3) is 0 Å². The van der Waals surface area contributed by atoms with Crippen molar-refractivity contribution in [2.45, 2.75) is 25.3 Å². The van der Waals surface area contributed by atoms with Crippen molar-refractivity contribution in [3.05, 3.63) is 29.8 Å². The Labute approximate surface area is 128 Å². The van der Waals surface area contributed by atoms with Crippen LogP contribution in [0, 0.1) is 5.92 Å². The number of carbonyl (C=O) groups excluding carboxylic acids is 3. The van der Waals surface area contributed by atoms with E-state index in [2.05, 4.69) is 10.1 Å². The highest BCUT2D eigenvalue weighted by atomic mass is 16.5. The highest BCUT2D eigenvalue weighted by Crippen LogP contribution is 2.27. The van der Waals surface area contributed by atoms with Crippen LogP contribution in [0.15, 0.2) is 24.3 Å². The van der Waals surface area contributed by atoms with Crippen LogP contribution in [0.2, 0.25) is 0 Å². The van der Waals surface area contributed by atoms with Crippen molar-refractivity contribution in [2.24, 2.45) is 5.92 Å². The molecule has 0 aromatic heterocycles. The van der Waals surface area contributed by atoms with Gasteiger partial charge in [0, 0.05) is 24.7 Å². The van der Waals surface area contributed by atoms with Gasteiger partial charge in [0.1, 0.15) is 0 Å². The molecule has 1 saturated heterocycles. The fourth-order valence-electron chi connectivity index (χ4n) is 2.60. The van der Waals surface area contributed by atoms with Crippen molar-refractivity contribution in [2.75, 3.05) is 18.6 Å². The molecule has 6 heteroatoms. The zero-order valence-electron chi connectivity index (χ0n) is 12.4. The second kappa shape index (κ2) is 5.79. The number of ether oxygens (including phenoxy) is 1. The van der Waals surface area contributed by atoms with Gasteiger partial charge in [0.2, 0.25) is 11.8 Å². The Kier molecular flexibility index (Phi) is 3.83. The maximum Gasteiger partial charge on any atom is 0.337 e. The topological polar surface area (TPSA) is 75.7 Å². The molecule has 1 saturated carbocycles. The second-order valence-electron chi connectivity index (χ2n) is 5.73. The summed E-state index contributed by atoms with van der Waals surface area (Å²) < 4.78 is 4.68. The van der Waals surface area contributed by atoms with E-state index in [1.165, 1.54) is 7.11 Å². The first-order valence-electron chi connectivity index (χ1n) is 7.37. The maximum atomic E-state index is 12.2. The van der Waals surface area contributed by atoms with Crippen LogP contribution < -0.4 is 10.2 Å². The van der Waals surface area contributed by atoms with Crippen LogP contribution in [0.5, 0.6) is 0 Å². The largest absolute Gasteiger partial charge is 0.465 e. The molecule has 1 aromatic carbocycles. The standard InChI is InChI=1S/C16H18N2O4/c1-22-16(21)10-3-2-4-13(7-10)18-9-11(8-14(18)19)15(20)17-12-5-6-12/h2-4,7,11-12H,5-6,8-9H2,1H3,(H,17,20). The van der Waals surface area contributed by atoms with Crippen molar-refractivity contribution in [3.8, 4) is 0 Å². The van der Waals surface area contributed by atoms with Crippen molar-refractivity contribution >= 4 is 23.5 Å². The minimum atomic E-state index is -0.448. The molecule has 1 aliphatic carbocycles. The summed E-state index contributed by atoms with van der Waals surface area (Å²) in [5, 5.41) is 2.94. The van der Waals surface area contributed by atoms with E-state index in [-0.39, 0.29) is 24.2 Å². The Bertz CT molecular complexity index is 624. The molecule has 0 bridgehead atoms. The van der Waals surface area contributed by atoms with E-state index in [9.17, 15) is 14.4 Å². The molecule has 2 aliphatic rings. The summed E-state index contributed by atoms with van der Waals surface area (Å²) in [7, 11) is 1.31. The number of hydrogen-bond acceptors (Lipinski definition) is 4. The third-order valence-electron chi connectivity index (χ3n) is 4.00. The second-order valence-corrected chi connectivity index (χ2v) is 5.73. The number of esters is 1. The molecule has 2 fully saturated rings. The van der Waals surface area contributed by atoms with E-state index in [4.69, 9.17) is 0 Å². The molecule has 1 N–H and O–H groups in total. The molecule has 116 valence electrons. The summed E-state index contributed by atoms with van der Waals surface area (Å²) in [4.78, 5) is 37.4. The highest BCUT2D eigenvalue weighted by molar-refractivity contribution is 6.01. The molecule has 2 amide bonds. The summed E-state index contributed by atoms with van der Waals surface area (Å²) in [6, 6.07) is 7.00. The van der Waals surface area contributed by atoms with Crippen molar-refractivity contribution in [3.63, 3.8) is 0 Å². The summed E-state index contributed by atoms with van der Waals surface area (Å²) in [6.07, 6.45) is 2.26. The van der Waals surface area contributed by atoms with Crippen LogP contribution in [0.1, 0.15) is 29.6 Å². The summed E-state index contributed by atoms with van der Waals surface area (Å²) >= 11 is 0. The van der Waals surface area contributed by atoms with Crippen molar-refractivity contribution in [1.29, 1.82) is 0 Å². The molecule has 3 rings (SSSR count). The predicted octanol–water partition coefficient (Wildman–Crippen LogP) is 1.10. The van der Waals surface area contributed by atoms with Crippen molar-refractivity contribution < 1.29 is 19.1 Å². The minimum Gasteiger partial charge on any atom is -0.465 e. The minimum absolute atomic E-state index is 0.0533. The van der Waals surface area contributed by atoms with Crippen LogP contribution in [0.3, 0.4) is 0 Å². The van der Waals surface area contributed by atoms with Crippen molar-refractivity contribution in [1.82, 2.24) is 5.32 Å². The molecular weight excluding hydrogens is 284 g/mol. The summed E-state index contributed by atoms with van der Waals surface area (Å²) in [5.74, 6) is -0.924. The number of carbonyl (C=O) groups is 3. The van der Waals surface area contributed by atoms with E-state index < -0.39 is 5.97 Å². The molecule has 1 atom stereocenters. The Hall–Kier alpha value is -2.37. The third-order valence-corrected chi connectivity index (χ3v) is 4.00. The molecule has 22 heavy (non-hydrogen) atoms. The Balaban J connectivity index is 1.73. The molecule has 0 spiro atoms. The monoisotopic (exact) mass is 302 g/mol. The van der Waals surface area contributed by atoms with Crippen LogP contribution in [0.4, 0.5) is 5.69 Å². The number of hydrogen-bond donors (Lipinski definition) is 1. The number of rotatable bonds is 4. The van der Waals surface area contributed by atoms with Gasteiger partial charge in [-0.25, -0.2) is 4.79 Å². The lowest BCUT2D eigenvalue weighted by Gasteiger charge is -2.17. The zero-order valence-corrected chi connectivity index (χ0v) is 12.4. The average molecular weight is 302 g/mol. The maximum absolute atomic E-state index is 12.2. The first kappa shape index (κ1) is 14.6. The Morgan fingerprint density at radius 1 is 1.32 bits per heavy atom. The van der Waals surface area contributed by atoms with Gasteiger partial charge in [-0.2, -0.15) is 0 Å². The molecule has 1 aliphatic heterocycles. The van der Waals surface area contributed by atoms with Gasteiger partial charge in [-0.1, -0.05) is 6.07 Å². The predicted molar refractivity (Wildman–Crippen MR) is 79.4 cm³/mol. The number of methoxy groups -OCH3 is 1. The van der Waals surface area contributed by atoms with Gasteiger partial charge in [-0.15, -0.1) is 0 Å². The third kappa shape index (κ3) is 2.95. The number of amides is 2.